The number of aliphatic imine (C=N–C) groups is 1. The van der Waals surface area contributed by atoms with Crippen LogP contribution in [-0.2, 0) is 13.0 Å². The van der Waals surface area contributed by atoms with Crippen LogP contribution in [0.2, 0.25) is 0 Å². The summed E-state index contributed by atoms with van der Waals surface area (Å²) in [5.74, 6) is 1.84. The first-order chi connectivity index (χ1) is 14.1. The second-order valence-electron chi connectivity index (χ2n) is 6.74. The van der Waals surface area contributed by atoms with Gasteiger partial charge in [-0.05, 0) is 54.9 Å². The Balaban J connectivity index is 1.95. The molecule has 0 radical (unpaired) electrons. The Morgan fingerprint density at radius 2 is 1.83 bits per heavy atom. The molecule has 0 fully saturated rings. The van der Waals surface area contributed by atoms with E-state index in [-0.39, 0.29) is 0 Å². The molecule has 0 saturated heterocycles. The van der Waals surface area contributed by atoms with Gasteiger partial charge in [0.15, 0.2) is 17.5 Å². The second kappa shape index (κ2) is 12.0. The molecular weight excluding hydrogens is 364 g/mol. The Morgan fingerprint density at radius 1 is 1.03 bits per heavy atom. The van der Waals surface area contributed by atoms with Crippen molar-refractivity contribution in [1.82, 2.24) is 4.90 Å². The molecule has 0 aliphatic heterocycles. The largest absolute Gasteiger partial charge is 0.493 e. The number of nitrogens with one attached hydrogen (secondary N) is 1. The van der Waals surface area contributed by atoms with Crippen LogP contribution >= 0.6 is 0 Å². The van der Waals surface area contributed by atoms with Crippen molar-refractivity contribution >= 4 is 11.6 Å². The minimum Gasteiger partial charge on any atom is -0.493 e. The molecule has 0 aliphatic rings. The van der Waals surface area contributed by atoms with Gasteiger partial charge in [0, 0.05) is 12.2 Å². The lowest BCUT2D eigenvalue weighted by atomic mass is 10.1. The molecule has 0 saturated carbocycles. The Kier molecular flexibility index (Phi) is 9.31. The molecular formula is C23H34N4O2. The number of rotatable bonds is 11. The number of nitrogens with zero attached hydrogens (tertiary/aromatic N) is 2. The third kappa shape index (κ3) is 7.31. The number of ether oxygens (including phenoxy) is 2. The summed E-state index contributed by atoms with van der Waals surface area (Å²) < 4.78 is 11.4. The fraction of sp³-hybridized carbons (Fsp3) is 0.435. The molecule has 0 aliphatic carbocycles. The second-order valence-corrected chi connectivity index (χ2v) is 6.74. The molecule has 0 aromatic heterocycles. The van der Waals surface area contributed by atoms with Crippen LogP contribution in [0.3, 0.4) is 0 Å². The minimum atomic E-state index is 0.386. The number of likely N-dealkylation sites (N-methyl/N-ethyl adjacent to an activating group) is 1. The van der Waals surface area contributed by atoms with Crippen molar-refractivity contribution in [3.8, 4) is 11.5 Å². The first-order valence-corrected chi connectivity index (χ1v) is 10.3. The molecule has 0 amide bonds. The molecule has 3 N–H and O–H groups in total. The minimum absolute atomic E-state index is 0.386. The SMILES string of the molecule is CCc1cccc(NC(N)=NCc2ccc(OCCN(CC)CC)c(OC)c2)c1. The maximum absolute atomic E-state index is 6.04. The van der Waals surface area contributed by atoms with Crippen LogP contribution in [-0.4, -0.2) is 44.2 Å². The monoisotopic (exact) mass is 398 g/mol. The summed E-state index contributed by atoms with van der Waals surface area (Å²) in [5.41, 5.74) is 9.25. The molecule has 0 heterocycles. The van der Waals surface area contributed by atoms with E-state index >= 15 is 0 Å². The average molecular weight is 399 g/mol. The summed E-state index contributed by atoms with van der Waals surface area (Å²) in [6.45, 7) is 10.5. The third-order valence-electron chi connectivity index (χ3n) is 4.83. The highest BCUT2D eigenvalue weighted by molar-refractivity contribution is 5.92. The number of guanidine groups is 1. The molecule has 2 aromatic carbocycles. The molecule has 29 heavy (non-hydrogen) atoms. The number of anilines is 1. The molecule has 6 nitrogen and oxygen atoms in total. The summed E-state index contributed by atoms with van der Waals surface area (Å²) in [4.78, 5) is 6.76. The van der Waals surface area contributed by atoms with Gasteiger partial charge in [-0.2, -0.15) is 0 Å². The summed E-state index contributed by atoms with van der Waals surface area (Å²) >= 11 is 0. The predicted octanol–water partition coefficient (Wildman–Crippen LogP) is 3.91. The van der Waals surface area contributed by atoms with Crippen molar-refractivity contribution in [3.05, 3.63) is 53.6 Å². The highest BCUT2D eigenvalue weighted by Crippen LogP contribution is 2.28. The number of hydrogen-bond donors (Lipinski definition) is 2. The van der Waals surface area contributed by atoms with Gasteiger partial charge in [0.25, 0.3) is 0 Å². The number of benzene rings is 2. The van der Waals surface area contributed by atoms with E-state index in [1.807, 2.05) is 30.3 Å². The quantitative estimate of drug-likeness (QED) is 0.444. The van der Waals surface area contributed by atoms with Crippen molar-refractivity contribution in [1.29, 1.82) is 0 Å². The van der Waals surface area contributed by atoms with Crippen LogP contribution in [0.5, 0.6) is 11.5 Å². The Labute approximate surface area is 174 Å². The zero-order chi connectivity index (χ0) is 21.1. The Morgan fingerprint density at radius 3 is 2.52 bits per heavy atom. The highest BCUT2D eigenvalue weighted by atomic mass is 16.5. The van der Waals surface area contributed by atoms with Gasteiger partial charge in [0.05, 0.1) is 13.7 Å². The maximum atomic E-state index is 6.04. The molecule has 2 rings (SSSR count). The van der Waals surface area contributed by atoms with Gasteiger partial charge in [-0.1, -0.05) is 39.0 Å². The van der Waals surface area contributed by atoms with Gasteiger partial charge in [0.2, 0.25) is 0 Å². The van der Waals surface area contributed by atoms with Gasteiger partial charge in [-0.15, -0.1) is 0 Å². The van der Waals surface area contributed by atoms with Crippen LogP contribution in [0.15, 0.2) is 47.5 Å². The summed E-state index contributed by atoms with van der Waals surface area (Å²) in [7, 11) is 1.65. The van der Waals surface area contributed by atoms with E-state index in [2.05, 4.69) is 48.1 Å². The van der Waals surface area contributed by atoms with Crippen molar-refractivity contribution < 1.29 is 9.47 Å². The first kappa shape index (κ1) is 22.6. The van der Waals surface area contributed by atoms with Gasteiger partial charge in [-0.3, -0.25) is 0 Å². The van der Waals surface area contributed by atoms with E-state index in [0.29, 0.717) is 24.9 Å². The number of methoxy groups -OCH3 is 1. The average Bonchev–Trinajstić information content (AvgIpc) is 2.75. The van der Waals surface area contributed by atoms with E-state index < -0.39 is 0 Å². The lowest BCUT2D eigenvalue weighted by molar-refractivity contribution is 0.217. The third-order valence-corrected chi connectivity index (χ3v) is 4.83. The smallest absolute Gasteiger partial charge is 0.193 e. The van der Waals surface area contributed by atoms with Crippen LogP contribution < -0.4 is 20.5 Å². The molecule has 2 aromatic rings. The molecule has 158 valence electrons. The van der Waals surface area contributed by atoms with Crippen molar-refractivity contribution in [2.24, 2.45) is 10.7 Å². The standard InChI is InChI=1S/C23H34N4O2/c1-5-18-9-8-10-20(15-18)26-23(24)25-17-19-11-12-21(22(16-19)28-4)29-14-13-27(6-2)7-3/h8-12,15-16H,5-7,13-14,17H2,1-4H3,(H3,24,25,26). The topological polar surface area (TPSA) is 72.1 Å². The lowest BCUT2D eigenvalue weighted by Gasteiger charge is -2.18. The van der Waals surface area contributed by atoms with Crippen LogP contribution in [0.1, 0.15) is 31.9 Å². The van der Waals surface area contributed by atoms with E-state index in [1.165, 1.54) is 5.56 Å². The van der Waals surface area contributed by atoms with Crippen molar-refractivity contribution in [2.45, 2.75) is 33.7 Å². The Bertz CT molecular complexity index is 788. The number of aryl methyl sites for hydroxylation is 1. The Hall–Kier alpha value is -2.73. The maximum Gasteiger partial charge on any atom is 0.193 e. The lowest BCUT2D eigenvalue weighted by Crippen LogP contribution is -2.27. The van der Waals surface area contributed by atoms with Crippen LogP contribution in [0.4, 0.5) is 5.69 Å². The molecule has 0 unspecified atom stereocenters. The van der Waals surface area contributed by atoms with Gasteiger partial charge in [-0.25, -0.2) is 4.99 Å². The fourth-order valence-electron chi connectivity index (χ4n) is 2.99. The highest BCUT2D eigenvalue weighted by Gasteiger charge is 2.07. The van der Waals surface area contributed by atoms with Gasteiger partial charge in [0.1, 0.15) is 6.61 Å². The molecule has 0 bridgehead atoms. The zero-order valence-corrected chi connectivity index (χ0v) is 18.1. The van der Waals surface area contributed by atoms with E-state index in [4.69, 9.17) is 15.2 Å². The van der Waals surface area contributed by atoms with Crippen LogP contribution in [0.25, 0.3) is 0 Å². The van der Waals surface area contributed by atoms with E-state index in [9.17, 15) is 0 Å². The van der Waals surface area contributed by atoms with Crippen molar-refractivity contribution in [3.63, 3.8) is 0 Å². The summed E-state index contributed by atoms with van der Waals surface area (Å²) in [6.07, 6.45) is 0.982. The van der Waals surface area contributed by atoms with Gasteiger partial charge >= 0.3 is 0 Å². The number of hydrogen-bond acceptors (Lipinski definition) is 4. The molecule has 0 spiro atoms. The molecule has 6 heteroatoms. The molecule has 0 atom stereocenters. The first-order valence-electron chi connectivity index (χ1n) is 10.3. The van der Waals surface area contributed by atoms with Crippen molar-refractivity contribution in [2.75, 3.05) is 38.7 Å². The fourth-order valence-corrected chi connectivity index (χ4v) is 2.99. The summed E-state index contributed by atoms with van der Waals surface area (Å²) in [5, 5.41) is 3.14. The predicted molar refractivity (Wildman–Crippen MR) is 121 cm³/mol. The van der Waals surface area contributed by atoms with E-state index in [0.717, 1.165) is 43.1 Å². The summed E-state index contributed by atoms with van der Waals surface area (Å²) in [6, 6.07) is 14.0. The number of nitrogens with two attached hydrogens (primary N) is 1. The van der Waals surface area contributed by atoms with Gasteiger partial charge < -0.3 is 25.4 Å². The zero-order valence-electron chi connectivity index (χ0n) is 18.1. The van der Waals surface area contributed by atoms with Crippen LogP contribution in [0, 0.1) is 0 Å². The normalized spacial score (nSPS) is 11.6. The van der Waals surface area contributed by atoms with E-state index in [1.54, 1.807) is 7.11 Å².